The maximum atomic E-state index is 14.5. The number of rotatable bonds is 5. The molecule has 0 saturated carbocycles. The van der Waals surface area contributed by atoms with Crippen molar-refractivity contribution in [3.05, 3.63) is 58.9 Å². The Morgan fingerprint density at radius 2 is 1.67 bits per heavy atom. The summed E-state index contributed by atoms with van der Waals surface area (Å²) in [5.74, 6) is -1.45. The number of hydrogen-bond donors (Lipinski definition) is 0. The minimum absolute atomic E-state index is 0.0179. The first-order valence-corrected chi connectivity index (χ1v) is 10.7. The highest BCUT2D eigenvalue weighted by Gasteiger charge is 2.28. The molecular weight excluding hydrogens is 416 g/mol. The van der Waals surface area contributed by atoms with Crippen LogP contribution in [0.1, 0.15) is 16.7 Å². The summed E-state index contributed by atoms with van der Waals surface area (Å²) in [5, 5.41) is 0. The summed E-state index contributed by atoms with van der Waals surface area (Å²) in [6.45, 7) is 5.35. The molecule has 0 unspecified atom stereocenters. The summed E-state index contributed by atoms with van der Waals surface area (Å²) in [6, 6.07) is 10.6. The highest BCUT2D eigenvalue weighted by atomic mass is 32.2. The normalized spacial score (nSPS) is 14.9. The van der Waals surface area contributed by atoms with E-state index in [1.807, 2.05) is 31.2 Å². The number of benzene rings is 2. The molecule has 8 heteroatoms. The average molecular weight is 441 g/mol. The minimum Gasteiger partial charge on any atom is -0.366 e. The molecule has 0 spiro atoms. The highest BCUT2D eigenvalue weighted by molar-refractivity contribution is 7.99. The van der Waals surface area contributed by atoms with Gasteiger partial charge in [-0.2, -0.15) is 13.2 Å². The van der Waals surface area contributed by atoms with E-state index >= 15 is 0 Å². The maximum Gasteiger partial charge on any atom is 0.398 e. The number of amides is 1. The lowest BCUT2D eigenvalue weighted by Crippen LogP contribution is -2.49. The van der Waals surface area contributed by atoms with E-state index in [1.54, 1.807) is 16.7 Å². The van der Waals surface area contributed by atoms with Gasteiger partial charge < -0.3 is 9.80 Å². The van der Waals surface area contributed by atoms with Gasteiger partial charge in [-0.1, -0.05) is 29.8 Å². The Morgan fingerprint density at radius 3 is 2.27 bits per heavy atom. The number of halogens is 4. The Morgan fingerprint density at radius 1 is 1.03 bits per heavy atom. The fraction of sp³-hybridized carbons (Fsp3) is 0.409. The lowest BCUT2D eigenvalue weighted by molar-refractivity contribution is -0.130. The van der Waals surface area contributed by atoms with Gasteiger partial charge in [0, 0.05) is 31.1 Å². The first-order chi connectivity index (χ1) is 14.1. The SMILES string of the molecule is Cc1ccc(CC(=O)N2CCN(c3cc(SCC(F)(F)F)c(C)cc3F)CC2)cc1. The van der Waals surface area contributed by atoms with Gasteiger partial charge in [0.15, 0.2) is 0 Å². The molecule has 0 aromatic heterocycles. The van der Waals surface area contributed by atoms with Crippen molar-refractivity contribution in [2.75, 3.05) is 36.8 Å². The number of hydrogen-bond acceptors (Lipinski definition) is 3. The van der Waals surface area contributed by atoms with Crippen LogP contribution >= 0.6 is 11.8 Å². The number of carbonyl (C=O) groups is 1. The number of anilines is 1. The van der Waals surface area contributed by atoms with Gasteiger partial charge in [0.05, 0.1) is 17.9 Å². The molecule has 0 bridgehead atoms. The monoisotopic (exact) mass is 440 g/mol. The molecule has 0 N–H and O–H groups in total. The molecule has 162 valence electrons. The first-order valence-electron chi connectivity index (χ1n) is 9.70. The standard InChI is InChI=1S/C22H24F4N2OS/c1-15-3-5-17(6-4-15)12-21(29)28-9-7-27(8-10-28)19-13-20(16(2)11-18(19)23)30-14-22(24,25)26/h3-6,11,13H,7-10,12,14H2,1-2H3. The minimum atomic E-state index is -4.28. The second kappa shape index (κ2) is 9.29. The van der Waals surface area contributed by atoms with E-state index in [4.69, 9.17) is 0 Å². The topological polar surface area (TPSA) is 23.6 Å². The van der Waals surface area contributed by atoms with Gasteiger partial charge in [0.1, 0.15) is 5.82 Å². The summed E-state index contributed by atoms with van der Waals surface area (Å²) < 4.78 is 52.2. The predicted molar refractivity (Wildman–Crippen MR) is 112 cm³/mol. The summed E-state index contributed by atoms with van der Waals surface area (Å²) in [5.41, 5.74) is 2.85. The molecule has 1 amide bonds. The van der Waals surface area contributed by atoms with Crippen molar-refractivity contribution >= 4 is 23.4 Å². The second-order valence-electron chi connectivity index (χ2n) is 7.50. The Balaban J connectivity index is 1.62. The largest absolute Gasteiger partial charge is 0.398 e. The molecule has 1 saturated heterocycles. The van der Waals surface area contributed by atoms with Crippen molar-refractivity contribution in [1.82, 2.24) is 4.90 Å². The molecule has 3 nitrogen and oxygen atoms in total. The summed E-state index contributed by atoms with van der Waals surface area (Å²) in [6.07, 6.45) is -3.97. The van der Waals surface area contributed by atoms with Crippen molar-refractivity contribution in [2.45, 2.75) is 31.3 Å². The zero-order valence-electron chi connectivity index (χ0n) is 16.9. The van der Waals surface area contributed by atoms with E-state index in [9.17, 15) is 22.4 Å². The van der Waals surface area contributed by atoms with Crippen molar-refractivity contribution < 1.29 is 22.4 Å². The van der Waals surface area contributed by atoms with Crippen LogP contribution in [0.25, 0.3) is 0 Å². The Labute approximate surface area is 178 Å². The van der Waals surface area contributed by atoms with E-state index in [0.29, 0.717) is 54.8 Å². The average Bonchev–Trinajstić information content (AvgIpc) is 2.68. The summed E-state index contributed by atoms with van der Waals surface area (Å²) in [4.78, 5) is 16.5. The molecule has 0 atom stereocenters. The quantitative estimate of drug-likeness (QED) is 0.484. The number of piperazine rings is 1. The van der Waals surface area contributed by atoms with Crippen molar-refractivity contribution in [3.8, 4) is 0 Å². The van der Waals surface area contributed by atoms with Gasteiger partial charge in [0.2, 0.25) is 5.91 Å². The molecule has 3 rings (SSSR count). The van der Waals surface area contributed by atoms with Gasteiger partial charge in [-0.05, 0) is 37.1 Å². The number of thioether (sulfide) groups is 1. The van der Waals surface area contributed by atoms with E-state index in [2.05, 4.69) is 0 Å². The molecule has 1 aliphatic rings. The predicted octanol–water partition coefficient (Wildman–Crippen LogP) is 4.99. The second-order valence-corrected chi connectivity index (χ2v) is 8.52. The molecular formula is C22H24F4N2OS. The lowest BCUT2D eigenvalue weighted by atomic mass is 10.1. The van der Waals surface area contributed by atoms with Crippen molar-refractivity contribution in [1.29, 1.82) is 0 Å². The molecule has 30 heavy (non-hydrogen) atoms. The van der Waals surface area contributed by atoms with Crippen LogP contribution in [0.3, 0.4) is 0 Å². The smallest absolute Gasteiger partial charge is 0.366 e. The molecule has 1 heterocycles. The molecule has 1 aliphatic heterocycles. The van der Waals surface area contributed by atoms with Crippen LogP contribution in [0.4, 0.5) is 23.2 Å². The third kappa shape index (κ3) is 5.90. The van der Waals surface area contributed by atoms with Gasteiger partial charge in [-0.3, -0.25) is 4.79 Å². The third-order valence-corrected chi connectivity index (χ3v) is 6.31. The summed E-state index contributed by atoms with van der Waals surface area (Å²) in [7, 11) is 0. The Bertz CT molecular complexity index is 891. The molecule has 1 fully saturated rings. The van der Waals surface area contributed by atoms with E-state index in [-0.39, 0.29) is 11.6 Å². The zero-order valence-corrected chi connectivity index (χ0v) is 17.7. The molecule has 2 aromatic rings. The van der Waals surface area contributed by atoms with Crippen LogP contribution in [0.5, 0.6) is 0 Å². The zero-order chi connectivity index (χ0) is 21.9. The third-order valence-electron chi connectivity index (χ3n) is 5.08. The van der Waals surface area contributed by atoms with E-state index < -0.39 is 17.7 Å². The number of carbonyl (C=O) groups excluding carboxylic acids is 1. The van der Waals surface area contributed by atoms with Crippen LogP contribution < -0.4 is 4.90 Å². The Kier molecular flexibility index (Phi) is 6.95. The molecule has 2 aromatic carbocycles. The fourth-order valence-corrected chi connectivity index (χ4v) is 4.19. The van der Waals surface area contributed by atoms with Gasteiger partial charge in [0.25, 0.3) is 0 Å². The number of aryl methyl sites for hydroxylation is 2. The Hall–Kier alpha value is -2.22. The van der Waals surface area contributed by atoms with Crippen LogP contribution in [-0.2, 0) is 11.2 Å². The molecule has 0 aliphatic carbocycles. The van der Waals surface area contributed by atoms with Gasteiger partial charge in [-0.15, -0.1) is 11.8 Å². The van der Waals surface area contributed by atoms with Crippen LogP contribution in [0.15, 0.2) is 41.3 Å². The van der Waals surface area contributed by atoms with E-state index in [1.165, 1.54) is 12.1 Å². The number of alkyl halides is 3. The van der Waals surface area contributed by atoms with Crippen molar-refractivity contribution in [2.24, 2.45) is 0 Å². The van der Waals surface area contributed by atoms with Crippen LogP contribution in [-0.4, -0.2) is 48.9 Å². The first kappa shape index (κ1) is 22.5. The highest BCUT2D eigenvalue weighted by Crippen LogP contribution is 2.34. The van der Waals surface area contributed by atoms with Crippen LogP contribution in [0, 0.1) is 19.7 Å². The maximum absolute atomic E-state index is 14.5. The summed E-state index contributed by atoms with van der Waals surface area (Å²) >= 11 is 0.666. The lowest BCUT2D eigenvalue weighted by Gasteiger charge is -2.36. The van der Waals surface area contributed by atoms with Crippen LogP contribution in [0.2, 0.25) is 0 Å². The molecule has 0 radical (unpaired) electrons. The van der Waals surface area contributed by atoms with Gasteiger partial charge in [-0.25, -0.2) is 4.39 Å². The van der Waals surface area contributed by atoms with Crippen molar-refractivity contribution in [3.63, 3.8) is 0 Å². The van der Waals surface area contributed by atoms with Gasteiger partial charge >= 0.3 is 6.18 Å². The number of nitrogens with zero attached hydrogens (tertiary/aromatic N) is 2. The van der Waals surface area contributed by atoms with E-state index in [0.717, 1.165) is 11.1 Å². The fourth-order valence-electron chi connectivity index (χ4n) is 3.39.